The normalized spacial score (nSPS) is 13.2. The van der Waals surface area contributed by atoms with E-state index < -0.39 is 6.04 Å². The van der Waals surface area contributed by atoms with E-state index in [1.54, 1.807) is 0 Å². The maximum Gasteiger partial charge on any atom is 0.241 e. The zero-order chi connectivity index (χ0) is 13.8. The van der Waals surface area contributed by atoms with Crippen LogP contribution in [0, 0.1) is 0 Å². The molecule has 0 bridgehead atoms. The van der Waals surface area contributed by atoms with E-state index in [2.05, 4.69) is 26.1 Å². The summed E-state index contributed by atoms with van der Waals surface area (Å²) in [7, 11) is 0. The average molecular weight is 248 g/mol. The Kier molecular flexibility index (Phi) is 4.91. The fourth-order valence-electron chi connectivity index (χ4n) is 1.73. The lowest BCUT2D eigenvalue weighted by Gasteiger charge is -2.19. The first-order valence-electron chi connectivity index (χ1n) is 6.51. The lowest BCUT2D eigenvalue weighted by Crippen LogP contribution is -2.35. The first kappa shape index (κ1) is 14.7. The molecule has 0 radical (unpaired) electrons. The summed E-state index contributed by atoms with van der Waals surface area (Å²) in [5.74, 6) is -0.111. The first-order valence-corrected chi connectivity index (χ1v) is 6.51. The average Bonchev–Trinajstić information content (AvgIpc) is 2.28. The molecule has 0 spiro atoms. The Morgan fingerprint density at radius 2 is 1.83 bits per heavy atom. The van der Waals surface area contributed by atoms with Gasteiger partial charge in [-0.05, 0) is 29.5 Å². The fraction of sp³-hybridized carbons (Fsp3) is 0.533. The SMILES string of the molecule is CCC[C@@H](N)C(=O)Nc1ccc(C(C)(C)C)cc1. The second kappa shape index (κ2) is 6.01. The van der Waals surface area contributed by atoms with Crippen LogP contribution in [0.25, 0.3) is 0 Å². The van der Waals surface area contributed by atoms with E-state index in [9.17, 15) is 4.79 Å². The minimum Gasteiger partial charge on any atom is -0.325 e. The summed E-state index contributed by atoms with van der Waals surface area (Å²) in [4.78, 5) is 11.7. The van der Waals surface area contributed by atoms with Crippen molar-refractivity contribution < 1.29 is 4.79 Å². The van der Waals surface area contributed by atoms with Gasteiger partial charge >= 0.3 is 0 Å². The van der Waals surface area contributed by atoms with Crippen LogP contribution in [0.2, 0.25) is 0 Å². The molecule has 1 aromatic rings. The van der Waals surface area contributed by atoms with Gasteiger partial charge < -0.3 is 11.1 Å². The van der Waals surface area contributed by atoms with Crippen molar-refractivity contribution in [2.45, 2.75) is 52.0 Å². The van der Waals surface area contributed by atoms with Gasteiger partial charge in [0.15, 0.2) is 0 Å². The molecule has 0 heterocycles. The minimum absolute atomic E-state index is 0.111. The van der Waals surface area contributed by atoms with Crippen LogP contribution in [0.5, 0.6) is 0 Å². The summed E-state index contributed by atoms with van der Waals surface area (Å²) in [6.07, 6.45) is 1.63. The van der Waals surface area contributed by atoms with Gasteiger partial charge in [-0.3, -0.25) is 4.79 Å². The molecule has 3 N–H and O–H groups in total. The maximum absolute atomic E-state index is 11.7. The number of anilines is 1. The van der Waals surface area contributed by atoms with Crippen molar-refractivity contribution in [1.29, 1.82) is 0 Å². The van der Waals surface area contributed by atoms with Gasteiger partial charge in [-0.1, -0.05) is 46.2 Å². The summed E-state index contributed by atoms with van der Waals surface area (Å²) in [5, 5.41) is 2.84. The second-order valence-corrected chi connectivity index (χ2v) is 5.71. The maximum atomic E-state index is 11.7. The zero-order valence-electron chi connectivity index (χ0n) is 11.8. The highest BCUT2D eigenvalue weighted by molar-refractivity contribution is 5.94. The molecule has 0 aliphatic carbocycles. The molecule has 0 aliphatic rings. The first-order chi connectivity index (χ1) is 8.34. The fourth-order valence-corrected chi connectivity index (χ4v) is 1.73. The predicted molar refractivity (Wildman–Crippen MR) is 76.7 cm³/mol. The number of nitrogens with one attached hydrogen (secondary N) is 1. The molecule has 1 aromatic carbocycles. The number of rotatable bonds is 4. The molecule has 3 heteroatoms. The molecule has 18 heavy (non-hydrogen) atoms. The monoisotopic (exact) mass is 248 g/mol. The van der Waals surface area contributed by atoms with Crippen LogP contribution in [0.1, 0.15) is 46.1 Å². The van der Waals surface area contributed by atoms with E-state index in [1.807, 2.05) is 31.2 Å². The summed E-state index contributed by atoms with van der Waals surface area (Å²) in [5.41, 5.74) is 7.94. The highest BCUT2D eigenvalue weighted by Crippen LogP contribution is 2.23. The zero-order valence-corrected chi connectivity index (χ0v) is 11.8. The molecule has 0 saturated carbocycles. The number of nitrogens with two attached hydrogens (primary N) is 1. The van der Waals surface area contributed by atoms with Crippen molar-refractivity contribution >= 4 is 11.6 Å². The molecule has 0 aliphatic heterocycles. The van der Waals surface area contributed by atoms with Crippen LogP contribution in [0.15, 0.2) is 24.3 Å². The second-order valence-electron chi connectivity index (χ2n) is 5.71. The van der Waals surface area contributed by atoms with Gasteiger partial charge in [0.05, 0.1) is 6.04 Å². The molecule has 100 valence electrons. The third-order valence-corrected chi connectivity index (χ3v) is 2.95. The van der Waals surface area contributed by atoms with Gasteiger partial charge in [-0.2, -0.15) is 0 Å². The Morgan fingerprint density at radius 1 is 1.28 bits per heavy atom. The Morgan fingerprint density at radius 3 is 2.28 bits per heavy atom. The molecule has 1 atom stereocenters. The van der Waals surface area contributed by atoms with Crippen molar-refractivity contribution in [3.05, 3.63) is 29.8 Å². The Balaban J connectivity index is 2.67. The minimum atomic E-state index is -0.419. The van der Waals surface area contributed by atoms with Crippen molar-refractivity contribution in [3.8, 4) is 0 Å². The van der Waals surface area contributed by atoms with E-state index in [1.165, 1.54) is 5.56 Å². The Hall–Kier alpha value is -1.35. The van der Waals surface area contributed by atoms with E-state index in [-0.39, 0.29) is 11.3 Å². The van der Waals surface area contributed by atoms with Crippen molar-refractivity contribution in [2.24, 2.45) is 5.73 Å². The molecular weight excluding hydrogens is 224 g/mol. The number of hydrogen-bond donors (Lipinski definition) is 2. The Labute approximate surface area is 110 Å². The Bertz CT molecular complexity index is 390. The van der Waals surface area contributed by atoms with Gasteiger partial charge in [0.2, 0.25) is 5.91 Å². The summed E-state index contributed by atoms with van der Waals surface area (Å²) in [6, 6.07) is 7.52. The van der Waals surface area contributed by atoms with Crippen LogP contribution in [-0.4, -0.2) is 11.9 Å². The van der Waals surface area contributed by atoms with Crippen molar-refractivity contribution in [2.75, 3.05) is 5.32 Å². The molecule has 0 aromatic heterocycles. The van der Waals surface area contributed by atoms with E-state index in [0.29, 0.717) is 6.42 Å². The predicted octanol–water partition coefficient (Wildman–Crippen LogP) is 3.05. The standard InChI is InChI=1S/C15H24N2O/c1-5-6-13(16)14(18)17-12-9-7-11(8-10-12)15(2,3)4/h7-10,13H,5-6,16H2,1-4H3,(H,17,18)/t13-/m1/s1. The van der Waals surface area contributed by atoms with Gasteiger partial charge in [-0.25, -0.2) is 0 Å². The van der Waals surface area contributed by atoms with Crippen LogP contribution < -0.4 is 11.1 Å². The van der Waals surface area contributed by atoms with E-state index in [4.69, 9.17) is 5.73 Å². The third kappa shape index (κ3) is 4.15. The van der Waals surface area contributed by atoms with E-state index in [0.717, 1.165) is 12.1 Å². The summed E-state index contributed by atoms with van der Waals surface area (Å²) in [6.45, 7) is 8.51. The number of carbonyl (C=O) groups excluding carboxylic acids is 1. The lowest BCUT2D eigenvalue weighted by molar-refractivity contribution is -0.117. The molecular formula is C15H24N2O. The molecule has 3 nitrogen and oxygen atoms in total. The van der Waals surface area contributed by atoms with Crippen molar-refractivity contribution in [3.63, 3.8) is 0 Å². The van der Waals surface area contributed by atoms with Gasteiger partial charge in [0, 0.05) is 5.69 Å². The highest BCUT2D eigenvalue weighted by Gasteiger charge is 2.15. The number of hydrogen-bond acceptors (Lipinski definition) is 2. The molecule has 0 saturated heterocycles. The van der Waals surface area contributed by atoms with Crippen LogP contribution in [0.4, 0.5) is 5.69 Å². The van der Waals surface area contributed by atoms with Gasteiger partial charge in [0.25, 0.3) is 0 Å². The molecule has 1 amide bonds. The van der Waals surface area contributed by atoms with Crippen LogP contribution >= 0.6 is 0 Å². The van der Waals surface area contributed by atoms with Crippen LogP contribution in [0.3, 0.4) is 0 Å². The van der Waals surface area contributed by atoms with Crippen molar-refractivity contribution in [1.82, 2.24) is 0 Å². The largest absolute Gasteiger partial charge is 0.325 e. The molecule has 0 unspecified atom stereocenters. The number of benzene rings is 1. The quantitative estimate of drug-likeness (QED) is 0.860. The third-order valence-electron chi connectivity index (χ3n) is 2.95. The number of amides is 1. The summed E-state index contributed by atoms with van der Waals surface area (Å²) < 4.78 is 0. The van der Waals surface area contributed by atoms with E-state index >= 15 is 0 Å². The molecule has 0 fully saturated rings. The number of carbonyl (C=O) groups is 1. The van der Waals surface area contributed by atoms with Crippen LogP contribution in [-0.2, 0) is 10.2 Å². The molecule has 1 rings (SSSR count). The smallest absolute Gasteiger partial charge is 0.241 e. The lowest BCUT2D eigenvalue weighted by atomic mass is 9.87. The van der Waals surface area contributed by atoms with Gasteiger partial charge in [0.1, 0.15) is 0 Å². The highest BCUT2D eigenvalue weighted by atomic mass is 16.2. The topological polar surface area (TPSA) is 55.1 Å². The van der Waals surface area contributed by atoms with Gasteiger partial charge in [-0.15, -0.1) is 0 Å². The summed E-state index contributed by atoms with van der Waals surface area (Å²) >= 11 is 0.